The van der Waals surface area contributed by atoms with Crippen LogP contribution in [0, 0.1) is 6.92 Å². The Morgan fingerprint density at radius 2 is 1.57 bits per heavy atom. The molecule has 1 atom stereocenters. The predicted octanol–water partition coefficient (Wildman–Crippen LogP) is 5.47. The highest BCUT2D eigenvalue weighted by Crippen LogP contribution is 2.23. The molecule has 3 rings (SSSR count). The van der Waals surface area contributed by atoms with Crippen LogP contribution in [0.15, 0.2) is 83.3 Å². The topological polar surface area (TPSA) is 86.8 Å². The summed E-state index contributed by atoms with van der Waals surface area (Å²) >= 11 is 3.46. The first-order valence-corrected chi connectivity index (χ1v) is 16.1. The number of aryl methyl sites for hydroxylation is 1. The van der Waals surface area contributed by atoms with E-state index < -0.39 is 16.1 Å². The van der Waals surface area contributed by atoms with Crippen molar-refractivity contribution in [2.75, 3.05) is 23.7 Å². The summed E-state index contributed by atoms with van der Waals surface area (Å²) in [6.45, 7) is 4.79. The molecule has 40 heavy (non-hydrogen) atoms. The maximum atomic E-state index is 13.8. The maximum Gasteiger partial charge on any atom is 0.243 e. The van der Waals surface area contributed by atoms with Crippen LogP contribution < -0.4 is 9.62 Å². The van der Waals surface area contributed by atoms with Crippen molar-refractivity contribution in [1.29, 1.82) is 0 Å². The van der Waals surface area contributed by atoms with Crippen LogP contribution in [-0.4, -0.2) is 50.5 Å². The van der Waals surface area contributed by atoms with Crippen LogP contribution in [0.1, 0.15) is 42.9 Å². The number of carbonyl (C=O) groups excluding carboxylic acids is 2. The van der Waals surface area contributed by atoms with E-state index in [0.717, 1.165) is 27.6 Å². The molecule has 0 aliphatic heterocycles. The molecule has 214 valence electrons. The molecule has 7 nitrogen and oxygen atoms in total. The molecule has 0 aliphatic carbocycles. The number of amides is 2. The van der Waals surface area contributed by atoms with E-state index in [1.807, 2.05) is 80.6 Å². The SMILES string of the molecule is CCCNC(=O)[C@H](Cc1ccccc1)N(Cc1ccc(Br)cc1)C(=O)CCCN(c1ccccc1C)S(C)(=O)=O. The second-order valence-corrected chi connectivity index (χ2v) is 12.7. The molecular weight excluding hydrogens is 590 g/mol. The van der Waals surface area contributed by atoms with Crippen molar-refractivity contribution in [1.82, 2.24) is 10.2 Å². The van der Waals surface area contributed by atoms with Crippen LogP contribution in [0.3, 0.4) is 0 Å². The van der Waals surface area contributed by atoms with Crippen LogP contribution >= 0.6 is 15.9 Å². The van der Waals surface area contributed by atoms with E-state index in [2.05, 4.69) is 21.2 Å². The molecule has 3 aromatic rings. The molecule has 0 spiro atoms. The Morgan fingerprint density at radius 1 is 0.925 bits per heavy atom. The predicted molar refractivity (Wildman–Crippen MR) is 165 cm³/mol. The van der Waals surface area contributed by atoms with Crippen molar-refractivity contribution in [3.63, 3.8) is 0 Å². The number of para-hydroxylation sites is 1. The number of halogens is 1. The Hall–Kier alpha value is -3.17. The highest BCUT2D eigenvalue weighted by Gasteiger charge is 2.30. The zero-order valence-corrected chi connectivity index (χ0v) is 25.7. The molecule has 0 aliphatic rings. The molecule has 0 bridgehead atoms. The molecule has 0 saturated heterocycles. The van der Waals surface area contributed by atoms with Gasteiger partial charge < -0.3 is 10.2 Å². The molecule has 1 N–H and O–H groups in total. The second kappa shape index (κ2) is 15.0. The third kappa shape index (κ3) is 9.20. The Balaban J connectivity index is 1.87. The first-order chi connectivity index (χ1) is 19.1. The molecule has 9 heteroatoms. The van der Waals surface area contributed by atoms with Crippen LogP contribution in [-0.2, 0) is 32.6 Å². The van der Waals surface area contributed by atoms with Crippen molar-refractivity contribution in [3.05, 3.63) is 100 Å². The number of hydrogen-bond acceptors (Lipinski definition) is 4. The monoisotopic (exact) mass is 627 g/mol. The number of carbonyl (C=O) groups is 2. The van der Waals surface area contributed by atoms with Gasteiger partial charge in [-0.05, 0) is 54.7 Å². The van der Waals surface area contributed by atoms with Gasteiger partial charge in [0.05, 0.1) is 11.9 Å². The van der Waals surface area contributed by atoms with Gasteiger partial charge >= 0.3 is 0 Å². The van der Waals surface area contributed by atoms with Crippen LogP contribution in [0.4, 0.5) is 5.69 Å². The summed E-state index contributed by atoms with van der Waals surface area (Å²) in [6.07, 6.45) is 2.74. The van der Waals surface area contributed by atoms with Gasteiger partial charge in [0, 0.05) is 36.9 Å². The molecular formula is C31H38BrN3O4S. The van der Waals surface area contributed by atoms with E-state index in [1.54, 1.807) is 17.0 Å². The lowest BCUT2D eigenvalue weighted by Gasteiger charge is -2.32. The lowest BCUT2D eigenvalue weighted by atomic mass is 10.0. The Morgan fingerprint density at radius 3 is 2.20 bits per heavy atom. The summed E-state index contributed by atoms with van der Waals surface area (Å²) < 4.78 is 27.5. The van der Waals surface area contributed by atoms with Crippen LogP contribution in [0.2, 0.25) is 0 Å². The maximum absolute atomic E-state index is 13.8. The lowest BCUT2D eigenvalue weighted by Crippen LogP contribution is -2.50. The molecule has 0 heterocycles. The van der Waals surface area contributed by atoms with Gasteiger partial charge in [0.2, 0.25) is 21.8 Å². The molecule has 0 unspecified atom stereocenters. The minimum atomic E-state index is -3.55. The van der Waals surface area contributed by atoms with E-state index in [0.29, 0.717) is 25.1 Å². The summed E-state index contributed by atoms with van der Waals surface area (Å²) in [6, 6.07) is 23.9. The summed E-state index contributed by atoms with van der Waals surface area (Å²) in [5.74, 6) is -0.400. The van der Waals surface area contributed by atoms with E-state index in [-0.39, 0.29) is 31.3 Å². The van der Waals surface area contributed by atoms with Gasteiger partial charge in [-0.2, -0.15) is 0 Å². The zero-order chi connectivity index (χ0) is 29.1. The smallest absolute Gasteiger partial charge is 0.243 e. The molecule has 3 aromatic carbocycles. The van der Waals surface area contributed by atoms with Gasteiger partial charge in [-0.3, -0.25) is 13.9 Å². The van der Waals surface area contributed by atoms with E-state index in [9.17, 15) is 18.0 Å². The number of nitrogens with zero attached hydrogens (tertiary/aromatic N) is 2. The first kappa shape index (κ1) is 31.4. The Bertz CT molecular complexity index is 1360. The van der Waals surface area contributed by atoms with E-state index >= 15 is 0 Å². The van der Waals surface area contributed by atoms with Gasteiger partial charge in [-0.25, -0.2) is 8.42 Å². The zero-order valence-electron chi connectivity index (χ0n) is 23.3. The number of benzene rings is 3. The quantitative estimate of drug-likeness (QED) is 0.257. The van der Waals surface area contributed by atoms with E-state index in [4.69, 9.17) is 0 Å². The van der Waals surface area contributed by atoms with Gasteiger partial charge in [0.15, 0.2) is 0 Å². The molecule has 0 radical (unpaired) electrons. The summed E-state index contributed by atoms with van der Waals surface area (Å²) in [7, 11) is -3.55. The summed E-state index contributed by atoms with van der Waals surface area (Å²) in [5, 5.41) is 2.98. The highest BCUT2D eigenvalue weighted by atomic mass is 79.9. The van der Waals surface area contributed by atoms with Gasteiger partial charge in [0.1, 0.15) is 6.04 Å². The third-order valence-corrected chi connectivity index (χ3v) is 8.33. The normalized spacial score (nSPS) is 12.0. The lowest BCUT2D eigenvalue weighted by molar-refractivity contribution is -0.141. The van der Waals surface area contributed by atoms with Crippen LogP contribution in [0.5, 0.6) is 0 Å². The Labute approximate surface area is 246 Å². The highest BCUT2D eigenvalue weighted by molar-refractivity contribution is 9.10. The number of hydrogen-bond donors (Lipinski definition) is 1. The fourth-order valence-electron chi connectivity index (χ4n) is 4.53. The first-order valence-electron chi connectivity index (χ1n) is 13.5. The molecule has 0 fully saturated rings. The minimum absolute atomic E-state index is 0.0980. The molecule has 2 amide bonds. The van der Waals surface area contributed by atoms with Crippen molar-refractivity contribution in [2.45, 2.75) is 52.1 Å². The number of nitrogens with one attached hydrogen (secondary N) is 1. The van der Waals surface area contributed by atoms with Gasteiger partial charge in [-0.15, -0.1) is 0 Å². The average molecular weight is 629 g/mol. The van der Waals surface area contributed by atoms with Gasteiger partial charge in [-0.1, -0.05) is 83.5 Å². The largest absolute Gasteiger partial charge is 0.354 e. The number of rotatable bonds is 14. The van der Waals surface area contributed by atoms with Crippen molar-refractivity contribution < 1.29 is 18.0 Å². The summed E-state index contributed by atoms with van der Waals surface area (Å²) in [5.41, 5.74) is 3.29. The third-order valence-electron chi connectivity index (χ3n) is 6.62. The minimum Gasteiger partial charge on any atom is -0.354 e. The fourth-order valence-corrected chi connectivity index (χ4v) is 5.82. The standard InChI is InChI=1S/C31H38BrN3O4S/c1-4-20-33-31(37)29(22-25-12-6-5-7-13-25)34(23-26-16-18-27(32)19-17-26)30(36)15-10-21-35(40(3,38)39)28-14-9-8-11-24(28)2/h5-9,11-14,16-19,29H,4,10,15,20-23H2,1-3H3,(H,33,37)/t29-/m0/s1. The molecule has 0 saturated carbocycles. The average Bonchev–Trinajstić information content (AvgIpc) is 2.93. The van der Waals surface area contributed by atoms with Crippen molar-refractivity contribution in [2.24, 2.45) is 0 Å². The fraction of sp³-hybridized carbons (Fsp3) is 0.355. The molecule has 0 aromatic heterocycles. The second-order valence-electron chi connectivity index (χ2n) is 9.87. The van der Waals surface area contributed by atoms with Crippen molar-refractivity contribution >= 4 is 43.5 Å². The van der Waals surface area contributed by atoms with Crippen molar-refractivity contribution in [3.8, 4) is 0 Å². The number of anilines is 1. The number of sulfonamides is 1. The van der Waals surface area contributed by atoms with Gasteiger partial charge in [0.25, 0.3) is 0 Å². The Kier molecular flexibility index (Phi) is 11.8. The summed E-state index contributed by atoms with van der Waals surface area (Å²) in [4.78, 5) is 28.9. The van der Waals surface area contributed by atoms with E-state index in [1.165, 1.54) is 10.6 Å². The van der Waals surface area contributed by atoms with Crippen LogP contribution in [0.25, 0.3) is 0 Å².